The van der Waals surface area contributed by atoms with Crippen molar-refractivity contribution < 1.29 is 5.21 Å². The van der Waals surface area contributed by atoms with Crippen LogP contribution in [-0.2, 0) is 6.54 Å². The molecule has 0 radical (unpaired) electrons. The fourth-order valence-electron chi connectivity index (χ4n) is 2.29. The first-order chi connectivity index (χ1) is 9.85. The monoisotopic (exact) mass is 269 g/mol. The molecule has 0 bridgehead atoms. The van der Waals surface area contributed by atoms with Gasteiger partial charge in [0.1, 0.15) is 0 Å². The molecule has 1 heterocycles. The standard InChI is InChI=1S/C16H19N3O/c20-17-12-13-2-4-14(5-3-13)18-15-6-8-16(9-7-15)19-10-1-11-19/h2-9,17-18,20H,1,10-12H2. The molecule has 1 aliphatic rings. The summed E-state index contributed by atoms with van der Waals surface area (Å²) in [6.07, 6.45) is 1.30. The lowest BCUT2D eigenvalue weighted by Crippen LogP contribution is -2.36. The Morgan fingerprint density at radius 2 is 1.50 bits per heavy atom. The molecule has 0 unspecified atom stereocenters. The average Bonchev–Trinajstić information content (AvgIpc) is 2.42. The molecule has 1 fully saturated rings. The topological polar surface area (TPSA) is 47.5 Å². The van der Waals surface area contributed by atoms with Crippen LogP contribution in [0.5, 0.6) is 0 Å². The highest BCUT2D eigenvalue weighted by molar-refractivity contribution is 5.63. The Morgan fingerprint density at radius 1 is 0.900 bits per heavy atom. The summed E-state index contributed by atoms with van der Waals surface area (Å²) in [5.74, 6) is 0. The summed E-state index contributed by atoms with van der Waals surface area (Å²) in [4.78, 5) is 2.38. The number of hydrogen-bond donors (Lipinski definition) is 3. The molecule has 104 valence electrons. The molecule has 2 aromatic rings. The second kappa shape index (κ2) is 5.94. The first kappa shape index (κ1) is 13.0. The van der Waals surface area contributed by atoms with E-state index in [1.807, 2.05) is 24.3 Å². The zero-order valence-electron chi connectivity index (χ0n) is 11.3. The van der Waals surface area contributed by atoms with Gasteiger partial charge in [0.15, 0.2) is 0 Å². The first-order valence-corrected chi connectivity index (χ1v) is 6.93. The van der Waals surface area contributed by atoms with Crippen molar-refractivity contribution in [2.45, 2.75) is 13.0 Å². The van der Waals surface area contributed by atoms with E-state index < -0.39 is 0 Å². The first-order valence-electron chi connectivity index (χ1n) is 6.93. The third-order valence-electron chi connectivity index (χ3n) is 3.61. The molecule has 0 aliphatic carbocycles. The van der Waals surface area contributed by atoms with Crippen molar-refractivity contribution in [1.29, 1.82) is 0 Å². The number of hydrogen-bond acceptors (Lipinski definition) is 4. The summed E-state index contributed by atoms with van der Waals surface area (Å²) < 4.78 is 0. The van der Waals surface area contributed by atoms with E-state index in [1.54, 1.807) is 0 Å². The molecule has 0 saturated carbocycles. The molecule has 4 heteroatoms. The fraction of sp³-hybridized carbons (Fsp3) is 0.250. The van der Waals surface area contributed by atoms with Crippen molar-refractivity contribution in [3.63, 3.8) is 0 Å². The lowest BCUT2D eigenvalue weighted by Gasteiger charge is -2.33. The van der Waals surface area contributed by atoms with Gasteiger partial charge in [0, 0.05) is 36.7 Å². The summed E-state index contributed by atoms with van der Waals surface area (Å²) in [7, 11) is 0. The van der Waals surface area contributed by atoms with Crippen molar-refractivity contribution in [2.24, 2.45) is 0 Å². The van der Waals surface area contributed by atoms with Crippen LogP contribution in [0.15, 0.2) is 48.5 Å². The molecule has 20 heavy (non-hydrogen) atoms. The van der Waals surface area contributed by atoms with Crippen LogP contribution >= 0.6 is 0 Å². The van der Waals surface area contributed by atoms with Crippen LogP contribution in [-0.4, -0.2) is 18.3 Å². The van der Waals surface area contributed by atoms with Gasteiger partial charge >= 0.3 is 0 Å². The Kier molecular flexibility index (Phi) is 3.85. The van der Waals surface area contributed by atoms with E-state index in [-0.39, 0.29) is 0 Å². The van der Waals surface area contributed by atoms with Crippen LogP contribution in [0.2, 0.25) is 0 Å². The van der Waals surface area contributed by atoms with Crippen molar-refractivity contribution in [2.75, 3.05) is 23.3 Å². The Morgan fingerprint density at radius 3 is 2.00 bits per heavy atom. The maximum absolute atomic E-state index is 8.65. The van der Waals surface area contributed by atoms with Gasteiger partial charge in [-0.15, -0.1) is 0 Å². The van der Waals surface area contributed by atoms with Gasteiger partial charge in [-0.3, -0.25) is 0 Å². The third-order valence-corrected chi connectivity index (χ3v) is 3.61. The van der Waals surface area contributed by atoms with Crippen LogP contribution in [0.4, 0.5) is 17.1 Å². The van der Waals surface area contributed by atoms with Crippen LogP contribution in [0.3, 0.4) is 0 Å². The maximum Gasteiger partial charge on any atom is 0.0458 e. The van der Waals surface area contributed by atoms with Crippen molar-refractivity contribution in [3.8, 4) is 0 Å². The summed E-state index contributed by atoms with van der Waals surface area (Å²) in [5, 5.41) is 12.0. The summed E-state index contributed by atoms with van der Waals surface area (Å²) in [6.45, 7) is 2.81. The molecule has 4 nitrogen and oxygen atoms in total. The van der Waals surface area contributed by atoms with Gasteiger partial charge in [0.25, 0.3) is 0 Å². The van der Waals surface area contributed by atoms with Crippen molar-refractivity contribution >= 4 is 17.1 Å². The van der Waals surface area contributed by atoms with E-state index in [1.165, 1.54) is 25.2 Å². The molecule has 0 aromatic heterocycles. The van der Waals surface area contributed by atoms with Crippen molar-refractivity contribution in [1.82, 2.24) is 5.48 Å². The van der Waals surface area contributed by atoms with Gasteiger partial charge in [-0.05, 0) is 48.4 Å². The molecule has 1 saturated heterocycles. The van der Waals surface area contributed by atoms with E-state index >= 15 is 0 Å². The van der Waals surface area contributed by atoms with Gasteiger partial charge in [-0.1, -0.05) is 12.1 Å². The van der Waals surface area contributed by atoms with Gasteiger partial charge in [0.2, 0.25) is 0 Å². The molecule has 0 amide bonds. The van der Waals surface area contributed by atoms with E-state index in [0.717, 1.165) is 16.9 Å². The normalized spacial score (nSPS) is 13.9. The van der Waals surface area contributed by atoms with Gasteiger partial charge < -0.3 is 15.4 Å². The highest BCUT2D eigenvalue weighted by Crippen LogP contribution is 2.24. The summed E-state index contributed by atoms with van der Waals surface area (Å²) in [5.41, 5.74) is 6.63. The van der Waals surface area contributed by atoms with E-state index in [9.17, 15) is 0 Å². The molecular formula is C16H19N3O. The molecule has 3 N–H and O–H groups in total. The zero-order valence-corrected chi connectivity index (χ0v) is 11.3. The lowest BCUT2D eigenvalue weighted by atomic mass is 10.1. The number of benzene rings is 2. The van der Waals surface area contributed by atoms with Crippen LogP contribution in [0.1, 0.15) is 12.0 Å². The second-order valence-corrected chi connectivity index (χ2v) is 5.04. The van der Waals surface area contributed by atoms with Crippen LogP contribution in [0, 0.1) is 0 Å². The van der Waals surface area contributed by atoms with Crippen LogP contribution in [0.25, 0.3) is 0 Å². The van der Waals surface area contributed by atoms with E-state index in [0.29, 0.717) is 6.54 Å². The van der Waals surface area contributed by atoms with E-state index in [2.05, 4.69) is 40.0 Å². The SMILES string of the molecule is ONCc1ccc(Nc2ccc(N3CCC3)cc2)cc1. The predicted molar refractivity (Wildman–Crippen MR) is 81.6 cm³/mol. The molecular weight excluding hydrogens is 250 g/mol. The average molecular weight is 269 g/mol. The highest BCUT2D eigenvalue weighted by atomic mass is 16.5. The van der Waals surface area contributed by atoms with Gasteiger partial charge in [-0.25, -0.2) is 5.48 Å². The quantitative estimate of drug-likeness (QED) is 0.730. The number of rotatable bonds is 5. The van der Waals surface area contributed by atoms with Crippen molar-refractivity contribution in [3.05, 3.63) is 54.1 Å². The van der Waals surface area contributed by atoms with E-state index in [4.69, 9.17) is 5.21 Å². The Labute approximate surface area is 119 Å². The molecule has 0 spiro atoms. The predicted octanol–water partition coefficient (Wildman–Crippen LogP) is 3.12. The summed E-state index contributed by atoms with van der Waals surface area (Å²) >= 11 is 0. The molecule has 3 rings (SSSR count). The lowest BCUT2D eigenvalue weighted by molar-refractivity contribution is 0.161. The largest absolute Gasteiger partial charge is 0.371 e. The summed E-state index contributed by atoms with van der Waals surface area (Å²) in [6, 6.07) is 16.5. The third kappa shape index (κ3) is 2.92. The van der Waals surface area contributed by atoms with Gasteiger partial charge in [0.05, 0.1) is 0 Å². The number of anilines is 3. The molecule has 1 aliphatic heterocycles. The number of nitrogens with zero attached hydrogens (tertiary/aromatic N) is 1. The number of hydroxylamine groups is 1. The Balaban J connectivity index is 1.64. The molecule has 2 aromatic carbocycles. The minimum atomic E-state index is 0.463. The fourth-order valence-corrected chi connectivity index (χ4v) is 2.29. The number of nitrogens with one attached hydrogen (secondary N) is 2. The second-order valence-electron chi connectivity index (χ2n) is 5.04. The smallest absolute Gasteiger partial charge is 0.0458 e. The maximum atomic E-state index is 8.65. The minimum Gasteiger partial charge on any atom is -0.371 e. The minimum absolute atomic E-state index is 0.463. The highest BCUT2D eigenvalue weighted by Gasteiger charge is 2.13. The molecule has 0 atom stereocenters. The van der Waals surface area contributed by atoms with Gasteiger partial charge in [-0.2, -0.15) is 0 Å². The van der Waals surface area contributed by atoms with Crippen LogP contribution < -0.4 is 15.7 Å². The zero-order chi connectivity index (χ0) is 13.8. The Bertz CT molecular complexity index is 547. The Hall–Kier alpha value is -2.04.